The van der Waals surface area contributed by atoms with Crippen molar-refractivity contribution in [3.63, 3.8) is 0 Å². The van der Waals surface area contributed by atoms with E-state index in [0.29, 0.717) is 11.6 Å². The monoisotopic (exact) mass is 233 g/mol. The third-order valence-corrected chi connectivity index (χ3v) is 4.38. The van der Waals surface area contributed by atoms with Crippen LogP contribution in [0, 0.1) is 5.92 Å². The Bertz CT molecular complexity index is 405. The fraction of sp³-hybridized carbons (Fsp3) is 0.769. The number of rotatable bonds is 5. The van der Waals surface area contributed by atoms with E-state index in [1.165, 1.54) is 44.9 Å². The van der Waals surface area contributed by atoms with Crippen molar-refractivity contribution in [2.75, 3.05) is 0 Å². The molecule has 2 saturated carbocycles. The molecule has 17 heavy (non-hydrogen) atoms. The Morgan fingerprint density at radius 1 is 1.24 bits per heavy atom. The number of aryl methyl sites for hydroxylation is 1. The zero-order valence-corrected chi connectivity index (χ0v) is 10.1. The number of aromatic nitrogens is 3. The number of aldehydes is 1. The van der Waals surface area contributed by atoms with Crippen molar-refractivity contribution in [2.45, 2.75) is 57.4 Å². The molecule has 4 nitrogen and oxygen atoms in total. The van der Waals surface area contributed by atoms with E-state index in [2.05, 4.69) is 10.3 Å². The van der Waals surface area contributed by atoms with Crippen molar-refractivity contribution in [3.8, 4) is 0 Å². The lowest BCUT2D eigenvalue weighted by Crippen LogP contribution is -2.19. The van der Waals surface area contributed by atoms with Crippen molar-refractivity contribution < 1.29 is 4.79 Å². The van der Waals surface area contributed by atoms with Crippen LogP contribution in [0.1, 0.15) is 67.0 Å². The first-order chi connectivity index (χ1) is 8.38. The molecule has 92 valence electrons. The summed E-state index contributed by atoms with van der Waals surface area (Å²) in [5, 5.41) is 8.16. The molecule has 0 atom stereocenters. The Balaban J connectivity index is 1.72. The summed E-state index contributed by atoms with van der Waals surface area (Å²) in [6, 6.07) is 0. The minimum atomic E-state index is 0.534. The second-order valence-corrected chi connectivity index (χ2v) is 5.41. The zero-order valence-electron chi connectivity index (χ0n) is 10.1. The maximum Gasteiger partial charge on any atom is 0.172 e. The SMILES string of the molecule is O=Cc1nnn(CCC2CCC2)c1C1CCC1. The van der Waals surface area contributed by atoms with Gasteiger partial charge in [-0.15, -0.1) is 5.10 Å². The Hall–Kier alpha value is -1.19. The van der Waals surface area contributed by atoms with Gasteiger partial charge < -0.3 is 0 Å². The molecule has 0 bridgehead atoms. The van der Waals surface area contributed by atoms with E-state index >= 15 is 0 Å². The van der Waals surface area contributed by atoms with Crippen LogP contribution in [0.3, 0.4) is 0 Å². The summed E-state index contributed by atoms with van der Waals surface area (Å²) >= 11 is 0. The first-order valence-corrected chi connectivity index (χ1v) is 6.77. The lowest BCUT2D eigenvalue weighted by atomic mass is 9.81. The van der Waals surface area contributed by atoms with E-state index in [0.717, 1.165) is 24.4 Å². The number of hydrogen-bond donors (Lipinski definition) is 0. The molecule has 1 aromatic rings. The van der Waals surface area contributed by atoms with Crippen LogP contribution in [0.2, 0.25) is 0 Å². The second kappa shape index (κ2) is 4.59. The van der Waals surface area contributed by atoms with Gasteiger partial charge in [0.15, 0.2) is 6.29 Å². The molecule has 1 aromatic heterocycles. The average molecular weight is 233 g/mol. The molecule has 0 unspecified atom stereocenters. The molecule has 0 N–H and O–H groups in total. The highest BCUT2D eigenvalue weighted by Gasteiger charge is 2.28. The van der Waals surface area contributed by atoms with Crippen LogP contribution in [-0.2, 0) is 6.54 Å². The van der Waals surface area contributed by atoms with Crippen LogP contribution >= 0.6 is 0 Å². The van der Waals surface area contributed by atoms with Gasteiger partial charge >= 0.3 is 0 Å². The van der Waals surface area contributed by atoms with E-state index in [9.17, 15) is 4.79 Å². The molecule has 0 aromatic carbocycles. The molecule has 0 aliphatic heterocycles. The van der Waals surface area contributed by atoms with Gasteiger partial charge in [-0.2, -0.15) is 0 Å². The summed E-state index contributed by atoms with van der Waals surface area (Å²) in [6.07, 6.45) is 9.84. The molecule has 0 radical (unpaired) electrons. The number of carbonyl (C=O) groups is 1. The van der Waals surface area contributed by atoms with Gasteiger partial charge in [0.1, 0.15) is 5.69 Å². The largest absolute Gasteiger partial charge is 0.296 e. The first kappa shape index (κ1) is 10.9. The molecular formula is C13H19N3O. The van der Waals surface area contributed by atoms with Crippen LogP contribution in [0.25, 0.3) is 0 Å². The Kier molecular flexibility index (Phi) is 2.95. The molecule has 0 saturated heterocycles. The molecule has 2 fully saturated rings. The molecule has 0 spiro atoms. The average Bonchev–Trinajstić information content (AvgIpc) is 2.57. The van der Waals surface area contributed by atoms with Gasteiger partial charge in [0.2, 0.25) is 0 Å². The molecule has 0 amide bonds. The van der Waals surface area contributed by atoms with Crippen molar-refractivity contribution in [1.29, 1.82) is 0 Å². The fourth-order valence-corrected chi connectivity index (χ4v) is 2.77. The molecule has 4 heteroatoms. The zero-order chi connectivity index (χ0) is 11.7. The second-order valence-electron chi connectivity index (χ2n) is 5.41. The van der Waals surface area contributed by atoms with Crippen LogP contribution < -0.4 is 0 Å². The summed E-state index contributed by atoms with van der Waals surface area (Å²) in [5.74, 6) is 1.42. The van der Waals surface area contributed by atoms with Gasteiger partial charge in [-0.3, -0.25) is 4.79 Å². The molecule has 2 aliphatic carbocycles. The Labute approximate surface area is 101 Å². The fourth-order valence-electron chi connectivity index (χ4n) is 2.77. The Morgan fingerprint density at radius 2 is 2.00 bits per heavy atom. The predicted octanol–water partition coefficient (Wildman–Crippen LogP) is 2.55. The van der Waals surface area contributed by atoms with Crippen LogP contribution in [0.5, 0.6) is 0 Å². The van der Waals surface area contributed by atoms with Gasteiger partial charge in [0.25, 0.3) is 0 Å². The standard InChI is InChI=1S/C13H19N3O/c17-9-12-13(11-5-2-6-11)16(15-14-12)8-7-10-3-1-4-10/h9-11H,1-8H2. The lowest BCUT2D eigenvalue weighted by Gasteiger charge is -2.28. The van der Waals surface area contributed by atoms with Crippen molar-refractivity contribution in [2.24, 2.45) is 5.92 Å². The van der Waals surface area contributed by atoms with Gasteiger partial charge in [0, 0.05) is 12.5 Å². The van der Waals surface area contributed by atoms with Crippen LogP contribution in [0.4, 0.5) is 0 Å². The van der Waals surface area contributed by atoms with Crippen molar-refractivity contribution in [3.05, 3.63) is 11.4 Å². The van der Waals surface area contributed by atoms with Gasteiger partial charge in [-0.1, -0.05) is 30.9 Å². The minimum absolute atomic E-state index is 0.534. The van der Waals surface area contributed by atoms with Crippen molar-refractivity contribution in [1.82, 2.24) is 15.0 Å². The summed E-state index contributed by atoms with van der Waals surface area (Å²) < 4.78 is 1.99. The topological polar surface area (TPSA) is 47.8 Å². The van der Waals surface area contributed by atoms with Gasteiger partial charge in [-0.25, -0.2) is 4.68 Å². The maximum absolute atomic E-state index is 11.0. The van der Waals surface area contributed by atoms with E-state index in [4.69, 9.17) is 0 Å². The highest BCUT2D eigenvalue weighted by atomic mass is 16.1. The lowest BCUT2D eigenvalue weighted by molar-refractivity contribution is 0.111. The minimum Gasteiger partial charge on any atom is -0.296 e. The van der Waals surface area contributed by atoms with Crippen LogP contribution in [0.15, 0.2) is 0 Å². The third kappa shape index (κ3) is 2.01. The predicted molar refractivity (Wildman–Crippen MR) is 64.0 cm³/mol. The van der Waals surface area contributed by atoms with Crippen LogP contribution in [-0.4, -0.2) is 21.3 Å². The number of nitrogens with zero attached hydrogens (tertiary/aromatic N) is 3. The maximum atomic E-state index is 11.0. The van der Waals surface area contributed by atoms with Gasteiger partial charge in [-0.05, 0) is 25.2 Å². The Morgan fingerprint density at radius 3 is 2.53 bits per heavy atom. The molecule has 2 aliphatic rings. The molecule has 1 heterocycles. The smallest absolute Gasteiger partial charge is 0.172 e. The van der Waals surface area contributed by atoms with Crippen molar-refractivity contribution >= 4 is 6.29 Å². The normalized spacial score (nSPS) is 20.9. The van der Waals surface area contributed by atoms with E-state index < -0.39 is 0 Å². The summed E-state index contributed by atoms with van der Waals surface area (Å²) in [4.78, 5) is 11.0. The number of carbonyl (C=O) groups excluding carboxylic acids is 1. The highest BCUT2D eigenvalue weighted by Crippen LogP contribution is 2.37. The first-order valence-electron chi connectivity index (χ1n) is 6.77. The third-order valence-electron chi connectivity index (χ3n) is 4.38. The number of hydrogen-bond acceptors (Lipinski definition) is 3. The van der Waals surface area contributed by atoms with Gasteiger partial charge in [0.05, 0.1) is 5.69 Å². The summed E-state index contributed by atoms with van der Waals surface area (Å²) in [7, 11) is 0. The molecule has 3 rings (SSSR count). The highest BCUT2D eigenvalue weighted by molar-refractivity contribution is 5.73. The van der Waals surface area contributed by atoms with E-state index in [1.54, 1.807) is 0 Å². The van der Waals surface area contributed by atoms with E-state index in [-0.39, 0.29) is 0 Å². The summed E-state index contributed by atoms with van der Waals surface area (Å²) in [6.45, 7) is 0.942. The molecular weight excluding hydrogens is 214 g/mol. The van der Waals surface area contributed by atoms with E-state index in [1.807, 2.05) is 4.68 Å². The summed E-state index contributed by atoms with van der Waals surface area (Å²) in [5.41, 5.74) is 1.67. The quantitative estimate of drug-likeness (QED) is 0.734.